The van der Waals surface area contributed by atoms with Crippen LogP contribution in [0.15, 0.2) is 18.2 Å². The Morgan fingerprint density at radius 3 is 2.41 bits per heavy atom. The second-order valence-corrected chi connectivity index (χ2v) is 13.8. The van der Waals surface area contributed by atoms with Crippen LogP contribution in [0.25, 0.3) is 10.5 Å². The maximum Gasteiger partial charge on any atom is 0.415 e. The number of halogens is 2. The first-order valence-corrected chi connectivity index (χ1v) is 17.8. The van der Waals surface area contributed by atoms with Crippen LogP contribution in [0, 0.1) is 38.2 Å². The Morgan fingerprint density at radius 1 is 1.14 bits per heavy atom. The van der Waals surface area contributed by atoms with Crippen LogP contribution in [-0.4, -0.2) is 74.5 Å². The standard InChI is InChI=1S/C35H46Cl2N6O6/c1-8-9-10-26(47-25-12-11-20(2)17-22(25)4)31(44)40-34-39-30-27(33(45)48-29-23(5)18-21(3)19-24(29)6)28(38-7)32(43(30)41-34)49-35(46)42(15-13-36)16-14-37/h11-12,17,21,23-24,26,29H,8-10,13-16,18-19H2,1-6H3,(H2,39,40,41,44). The minimum atomic E-state index is -0.845. The number of rotatable bonds is 14. The van der Waals surface area contributed by atoms with Crippen LogP contribution in [0.2, 0.25) is 0 Å². The number of hydrogen-bond acceptors (Lipinski definition) is 7. The van der Waals surface area contributed by atoms with Crippen molar-refractivity contribution in [1.29, 1.82) is 0 Å². The molecule has 0 bridgehead atoms. The number of unbranched alkanes of at least 4 members (excludes halogenated alkanes) is 1. The van der Waals surface area contributed by atoms with E-state index in [4.69, 9.17) is 44.0 Å². The van der Waals surface area contributed by atoms with Gasteiger partial charge in [-0.05, 0) is 68.9 Å². The number of anilines is 1. The summed E-state index contributed by atoms with van der Waals surface area (Å²) >= 11 is 11.8. The molecule has 2 amide bonds. The fraction of sp³-hybridized carbons (Fsp3) is 0.571. The highest BCUT2D eigenvalue weighted by molar-refractivity contribution is 6.18. The third kappa shape index (κ3) is 9.00. The van der Waals surface area contributed by atoms with Crippen LogP contribution in [0.3, 0.4) is 0 Å². The molecule has 3 aromatic rings. The molecule has 0 aliphatic heterocycles. The predicted molar refractivity (Wildman–Crippen MR) is 189 cm³/mol. The third-order valence-electron chi connectivity index (χ3n) is 8.85. The maximum atomic E-state index is 13.9. The smallest absolute Gasteiger partial charge is 0.415 e. The Bertz CT molecular complexity index is 1660. The fourth-order valence-electron chi connectivity index (χ4n) is 6.58. The Morgan fingerprint density at radius 2 is 1.82 bits per heavy atom. The van der Waals surface area contributed by atoms with E-state index in [1.54, 1.807) is 0 Å². The zero-order valence-corrected chi connectivity index (χ0v) is 30.5. The molecule has 0 saturated heterocycles. The summed E-state index contributed by atoms with van der Waals surface area (Å²) in [5, 5.41) is 5.65. The van der Waals surface area contributed by atoms with E-state index in [0.717, 1.165) is 36.8 Å². The van der Waals surface area contributed by atoms with Gasteiger partial charge in [0.1, 0.15) is 17.4 Å². The van der Waals surface area contributed by atoms with Gasteiger partial charge in [0.2, 0.25) is 11.8 Å². The second kappa shape index (κ2) is 17.1. The molecule has 1 aliphatic carbocycles. The SMILES string of the molecule is [C-]#[N+]c1c(C(=O)OC2C(C)CC(C)CC2C)c2nc(NC(=O)C(CCCC)Oc3ccc(C)cc3C)[nH]n2c1OC(=O)N(CCCl)CCCl. The predicted octanol–water partition coefficient (Wildman–Crippen LogP) is 7.91. The molecule has 1 aromatic carbocycles. The molecule has 0 spiro atoms. The Hall–Kier alpha value is -3.95. The molecule has 0 radical (unpaired) electrons. The highest BCUT2D eigenvalue weighted by Gasteiger charge is 2.38. The normalized spacial score (nSPS) is 19.6. The molecule has 12 nitrogen and oxygen atoms in total. The van der Waals surface area contributed by atoms with Crippen molar-refractivity contribution in [3.8, 4) is 11.6 Å². The lowest BCUT2D eigenvalue weighted by Crippen LogP contribution is -2.37. The molecule has 3 unspecified atom stereocenters. The number of esters is 1. The van der Waals surface area contributed by atoms with Gasteiger partial charge in [-0.15, -0.1) is 23.2 Å². The van der Waals surface area contributed by atoms with Gasteiger partial charge in [-0.2, -0.15) is 4.98 Å². The molecular formula is C35H46Cl2N6O6. The minimum absolute atomic E-state index is 0.0415. The van der Waals surface area contributed by atoms with Crippen molar-refractivity contribution in [3.05, 3.63) is 46.3 Å². The van der Waals surface area contributed by atoms with Crippen molar-refractivity contribution in [1.82, 2.24) is 19.5 Å². The molecule has 49 heavy (non-hydrogen) atoms. The molecule has 2 aromatic heterocycles. The number of ether oxygens (including phenoxy) is 3. The van der Waals surface area contributed by atoms with Crippen LogP contribution >= 0.6 is 23.2 Å². The van der Waals surface area contributed by atoms with Crippen LogP contribution < -0.4 is 14.8 Å². The van der Waals surface area contributed by atoms with Gasteiger partial charge in [-0.3, -0.25) is 15.2 Å². The quantitative estimate of drug-likeness (QED) is 0.0985. The number of benzene rings is 1. The summed E-state index contributed by atoms with van der Waals surface area (Å²) in [6, 6.07) is 5.74. The molecule has 3 atom stereocenters. The highest BCUT2D eigenvalue weighted by atomic mass is 35.5. The summed E-state index contributed by atoms with van der Waals surface area (Å²) in [6.07, 6.45) is 1.78. The van der Waals surface area contributed by atoms with Gasteiger partial charge in [0.25, 0.3) is 11.6 Å². The number of hydrogen-bond donors (Lipinski definition) is 2. The molecule has 1 saturated carbocycles. The molecule has 1 fully saturated rings. The number of aryl methyl sites for hydroxylation is 2. The van der Waals surface area contributed by atoms with Gasteiger partial charge >= 0.3 is 12.1 Å². The van der Waals surface area contributed by atoms with E-state index in [1.807, 2.05) is 52.8 Å². The van der Waals surface area contributed by atoms with E-state index in [-0.39, 0.29) is 71.5 Å². The number of alkyl halides is 2. The number of aromatic nitrogens is 3. The maximum absolute atomic E-state index is 13.9. The summed E-state index contributed by atoms with van der Waals surface area (Å²) in [6.45, 7) is 20.5. The van der Waals surface area contributed by atoms with Gasteiger partial charge < -0.3 is 19.1 Å². The summed E-state index contributed by atoms with van der Waals surface area (Å²) in [7, 11) is 0. The van der Waals surface area contributed by atoms with E-state index in [9.17, 15) is 14.4 Å². The van der Waals surface area contributed by atoms with Gasteiger partial charge in [-0.25, -0.2) is 18.9 Å². The third-order valence-corrected chi connectivity index (χ3v) is 9.19. The van der Waals surface area contributed by atoms with E-state index in [2.05, 4.69) is 27.2 Å². The van der Waals surface area contributed by atoms with Crippen LogP contribution in [0.1, 0.15) is 81.3 Å². The van der Waals surface area contributed by atoms with Gasteiger partial charge in [0, 0.05) is 24.8 Å². The van der Waals surface area contributed by atoms with Crippen LogP contribution in [0.4, 0.5) is 16.4 Å². The van der Waals surface area contributed by atoms with Crippen molar-refractivity contribution in [2.24, 2.45) is 17.8 Å². The number of carbonyl (C=O) groups excluding carboxylic acids is 3. The first kappa shape index (κ1) is 37.9. The summed E-state index contributed by atoms with van der Waals surface area (Å²) in [4.78, 5) is 50.2. The number of amides is 2. The minimum Gasteiger partial charge on any atom is -0.480 e. The van der Waals surface area contributed by atoms with E-state index >= 15 is 0 Å². The second-order valence-electron chi connectivity index (χ2n) is 13.0. The summed E-state index contributed by atoms with van der Waals surface area (Å²) in [5.74, 6) is -0.0240. The molecular weight excluding hydrogens is 671 g/mol. The van der Waals surface area contributed by atoms with Crippen molar-refractivity contribution < 1.29 is 28.6 Å². The number of H-pyrrole nitrogens is 1. The lowest BCUT2D eigenvalue weighted by molar-refractivity contribution is -0.123. The zero-order valence-electron chi connectivity index (χ0n) is 29.0. The Labute approximate surface area is 297 Å². The highest BCUT2D eigenvalue weighted by Crippen LogP contribution is 2.41. The summed E-state index contributed by atoms with van der Waals surface area (Å²) < 4.78 is 19.2. The van der Waals surface area contributed by atoms with Crippen molar-refractivity contribution in [2.45, 2.75) is 85.9 Å². The number of carbonyl (C=O) groups is 3. The lowest BCUT2D eigenvalue weighted by Gasteiger charge is -2.37. The zero-order chi connectivity index (χ0) is 35.8. The first-order valence-electron chi connectivity index (χ1n) is 16.8. The monoisotopic (exact) mass is 716 g/mol. The Balaban J connectivity index is 1.72. The molecule has 2 N–H and O–H groups in total. The van der Waals surface area contributed by atoms with Crippen molar-refractivity contribution >= 4 is 58.5 Å². The average Bonchev–Trinajstić information content (AvgIpc) is 3.57. The number of nitrogens with one attached hydrogen (secondary N) is 2. The van der Waals surface area contributed by atoms with Crippen molar-refractivity contribution in [2.75, 3.05) is 30.2 Å². The van der Waals surface area contributed by atoms with E-state index < -0.39 is 24.1 Å². The number of nitrogens with zero attached hydrogens (tertiary/aromatic N) is 4. The van der Waals surface area contributed by atoms with Gasteiger partial charge in [-0.1, -0.05) is 51.8 Å². The Kier molecular flexibility index (Phi) is 13.2. The first-order chi connectivity index (χ1) is 23.4. The summed E-state index contributed by atoms with van der Waals surface area (Å²) in [5.41, 5.74) is 1.50. The topological polar surface area (TPSA) is 132 Å². The van der Waals surface area contributed by atoms with Crippen molar-refractivity contribution in [3.63, 3.8) is 0 Å². The van der Waals surface area contributed by atoms with Crippen LogP contribution in [0.5, 0.6) is 11.6 Å². The molecule has 1 aliphatic rings. The number of aromatic amines is 1. The molecule has 2 heterocycles. The largest absolute Gasteiger partial charge is 0.480 e. The fourth-order valence-corrected chi connectivity index (χ4v) is 6.99. The van der Waals surface area contributed by atoms with Crippen LogP contribution in [-0.2, 0) is 9.53 Å². The van der Waals surface area contributed by atoms with Gasteiger partial charge in [0.05, 0.1) is 6.57 Å². The average molecular weight is 718 g/mol. The lowest BCUT2D eigenvalue weighted by atomic mass is 9.75. The van der Waals surface area contributed by atoms with E-state index in [0.29, 0.717) is 18.1 Å². The molecule has 14 heteroatoms. The van der Waals surface area contributed by atoms with E-state index in [1.165, 1.54) is 9.42 Å². The number of fused-ring (bicyclic) bond motifs is 1. The molecule has 4 rings (SSSR count). The molecule has 266 valence electrons. The van der Waals surface area contributed by atoms with Gasteiger partial charge in [0.15, 0.2) is 11.8 Å².